The van der Waals surface area contributed by atoms with Gasteiger partial charge in [0.2, 0.25) is 5.91 Å². The van der Waals surface area contributed by atoms with Crippen LogP contribution in [0, 0.1) is 20.8 Å². The molecule has 4 rings (SSSR count). The third-order valence-corrected chi connectivity index (χ3v) is 5.84. The predicted octanol–water partition coefficient (Wildman–Crippen LogP) is 4.17. The Balaban J connectivity index is 1.44. The number of amides is 4. The number of fused-ring (bicyclic) bond motifs is 1. The number of imide groups is 1. The fraction of sp³-hybridized carbons (Fsp3) is 0.179. The quantitative estimate of drug-likeness (QED) is 0.388. The first-order chi connectivity index (χ1) is 17.5. The Hall–Kier alpha value is -4.79. The number of hydrogen-bond acceptors (Lipinski definition) is 6. The minimum atomic E-state index is -0.798. The molecule has 0 aliphatic carbocycles. The topological polar surface area (TPSA) is 122 Å². The zero-order valence-electron chi connectivity index (χ0n) is 20.8. The van der Waals surface area contributed by atoms with E-state index in [4.69, 9.17) is 4.74 Å². The first kappa shape index (κ1) is 25.3. The summed E-state index contributed by atoms with van der Waals surface area (Å²) >= 11 is 0. The SMILES string of the molecule is CC(=O)Nc1ccc(N2C(=O)c3ccc(C(=O)OCC(=O)Nc4c(C)cc(C)cc4C)cc3C2=O)cc1. The second-order valence-electron chi connectivity index (χ2n) is 8.83. The van der Waals surface area contributed by atoms with Crippen LogP contribution in [0.25, 0.3) is 0 Å². The minimum absolute atomic E-state index is 0.0400. The van der Waals surface area contributed by atoms with Crippen molar-refractivity contribution in [1.29, 1.82) is 0 Å². The number of carbonyl (C=O) groups excluding carboxylic acids is 5. The lowest BCUT2D eigenvalue weighted by Crippen LogP contribution is -2.29. The minimum Gasteiger partial charge on any atom is -0.452 e. The lowest BCUT2D eigenvalue weighted by atomic mass is 10.1. The summed E-state index contributed by atoms with van der Waals surface area (Å²) in [5, 5.41) is 5.38. The van der Waals surface area contributed by atoms with Crippen LogP contribution in [0.2, 0.25) is 0 Å². The number of hydrogen-bond donors (Lipinski definition) is 2. The Labute approximate surface area is 213 Å². The van der Waals surface area contributed by atoms with Crippen LogP contribution in [0.5, 0.6) is 0 Å². The average Bonchev–Trinajstić information content (AvgIpc) is 3.09. The number of benzene rings is 3. The molecule has 9 nitrogen and oxygen atoms in total. The smallest absolute Gasteiger partial charge is 0.338 e. The summed E-state index contributed by atoms with van der Waals surface area (Å²) < 4.78 is 5.15. The van der Waals surface area contributed by atoms with Crippen molar-refractivity contribution >= 4 is 46.7 Å². The Morgan fingerprint density at radius 1 is 0.811 bits per heavy atom. The highest BCUT2D eigenvalue weighted by molar-refractivity contribution is 6.34. The number of esters is 1. The van der Waals surface area contributed by atoms with Crippen LogP contribution >= 0.6 is 0 Å². The second kappa shape index (κ2) is 10.1. The summed E-state index contributed by atoms with van der Waals surface area (Å²) in [4.78, 5) is 63.1. The standard InChI is InChI=1S/C28H25N3O6/c1-15-11-16(2)25(17(3)12-15)30-24(33)14-37-28(36)19-5-10-22-23(13-19)27(35)31(26(22)34)21-8-6-20(7-9-21)29-18(4)32/h5-13H,14H2,1-4H3,(H,29,32)(H,30,33). The highest BCUT2D eigenvalue weighted by Crippen LogP contribution is 2.30. The summed E-state index contributed by atoms with van der Waals surface area (Å²) in [6.07, 6.45) is 0. The third-order valence-electron chi connectivity index (χ3n) is 5.84. The van der Waals surface area contributed by atoms with Crippen LogP contribution in [0.4, 0.5) is 17.1 Å². The van der Waals surface area contributed by atoms with E-state index in [1.807, 2.05) is 32.9 Å². The first-order valence-corrected chi connectivity index (χ1v) is 11.5. The van der Waals surface area contributed by atoms with Crippen LogP contribution in [0.15, 0.2) is 54.6 Å². The number of nitrogens with one attached hydrogen (secondary N) is 2. The molecule has 37 heavy (non-hydrogen) atoms. The van der Waals surface area contributed by atoms with Crippen molar-refractivity contribution in [2.24, 2.45) is 0 Å². The Bertz CT molecular complexity index is 1440. The highest BCUT2D eigenvalue weighted by atomic mass is 16.5. The van der Waals surface area contributed by atoms with E-state index in [0.29, 0.717) is 17.1 Å². The molecule has 0 radical (unpaired) electrons. The largest absolute Gasteiger partial charge is 0.452 e. The summed E-state index contributed by atoms with van der Waals surface area (Å²) in [5.74, 6) is -2.66. The van der Waals surface area contributed by atoms with Gasteiger partial charge in [-0.1, -0.05) is 17.7 Å². The first-order valence-electron chi connectivity index (χ1n) is 11.5. The van der Waals surface area contributed by atoms with Crippen molar-refractivity contribution in [3.63, 3.8) is 0 Å². The van der Waals surface area contributed by atoms with E-state index < -0.39 is 30.3 Å². The molecule has 0 bridgehead atoms. The second-order valence-corrected chi connectivity index (χ2v) is 8.83. The van der Waals surface area contributed by atoms with E-state index in [-0.39, 0.29) is 22.6 Å². The Kier molecular flexibility index (Phi) is 6.88. The monoisotopic (exact) mass is 499 g/mol. The van der Waals surface area contributed by atoms with Crippen molar-refractivity contribution in [2.75, 3.05) is 22.1 Å². The van der Waals surface area contributed by atoms with Crippen LogP contribution in [-0.2, 0) is 14.3 Å². The molecule has 188 valence electrons. The normalized spacial score (nSPS) is 12.3. The van der Waals surface area contributed by atoms with Gasteiger partial charge in [0, 0.05) is 18.3 Å². The number of anilines is 3. The number of aryl methyl sites for hydroxylation is 3. The van der Waals surface area contributed by atoms with Crippen molar-refractivity contribution in [3.05, 3.63) is 88.0 Å². The van der Waals surface area contributed by atoms with Crippen LogP contribution < -0.4 is 15.5 Å². The zero-order valence-corrected chi connectivity index (χ0v) is 20.8. The molecule has 0 aromatic heterocycles. The van der Waals surface area contributed by atoms with Gasteiger partial charge in [-0.3, -0.25) is 19.2 Å². The number of nitrogens with zero attached hydrogens (tertiary/aromatic N) is 1. The molecule has 4 amide bonds. The fourth-order valence-electron chi connectivity index (χ4n) is 4.27. The lowest BCUT2D eigenvalue weighted by Gasteiger charge is -2.14. The summed E-state index contributed by atoms with van der Waals surface area (Å²) in [5.41, 5.74) is 4.62. The molecule has 0 spiro atoms. The van der Waals surface area contributed by atoms with E-state index in [9.17, 15) is 24.0 Å². The predicted molar refractivity (Wildman–Crippen MR) is 138 cm³/mol. The molecule has 3 aromatic rings. The maximum Gasteiger partial charge on any atom is 0.338 e. The summed E-state index contributed by atoms with van der Waals surface area (Å²) in [6, 6.07) is 14.2. The Morgan fingerprint density at radius 2 is 1.43 bits per heavy atom. The van der Waals surface area contributed by atoms with Crippen molar-refractivity contribution < 1.29 is 28.7 Å². The molecule has 0 unspecified atom stereocenters. The molecule has 1 aliphatic rings. The molecule has 0 saturated heterocycles. The highest BCUT2D eigenvalue weighted by Gasteiger charge is 2.37. The van der Waals surface area contributed by atoms with Gasteiger partial charge in [0.1, 0.15) is 0 Å². The van der Waals surface area contributed by atoms with Crippen molar-refractivity contribution in [2.45, 2.75) is 27.7 Å². The molecule has 3 aromatic carbocycles. The van der Waals surface area contributed by atoms with Gasteiger partial charge in [-0.25, -0.2) is 9.69 Å². The van der Waals surface area contributed by atoms with E-state index >= 15 is 0 Å². The van der Waals surface area contributed by atoms with Gasteiger partial charge in [0.25, 0.3) is 17.7 Å². The summed E-state index contributed by atoms with van der Waals surface area (Å²) in [7, 11) is 0. The molecule has 0 fully saturated rings. The molecule has 9 heteroatoms. The van der Waals surface area contributed by atoms with Gasteiger partial charge in [0.15, 0.2) is 6.61 Å². The van der Waals surface area contributed by atoms with Crippen LogP contribution in [0.3, 0.4) is 0 Å². The molecular weight excluding hydrogens is 474 g/mol. The molecular formula is C28H25N3O6. The lowest BCUT2D eigenvalue weighted by molar-refractivity contribution is -0.119. The van der Waals surface area contributed by atoms with Gasteiger partial charge in [-0.05, 0) is 74.4 Å². The van der Waals surface area contributed by atoms with E-state index in [1.54, 1.807) is 12.1 Å². The van der Waals surface area contributed by atoms with E-state index in [0.717, 1.165) is 21.6 Å². The van der Waals surface area contributed by atoms with Gasteiger partial charge in [-0.15, -0.1) is 0 Å². The van der Waals surface area contributed by atoms with E-state index in [2.05, 4.69) is 10.6 Å². The van der Waals surface area contributed by atoms with Crippen molar-refractivity contribution in [3.8, 4) is 0 Å². The Morgan fingerprint density at radius 3 is 2.05 bits per heavy atom. The maximum absolute atomic E-state index is 13.0. The third kappa shape index (κ3) is 5.25. The molecule has 0 saturated carbocycles. The van der Waals surface area contributed by atoms with Crippen LogP contribution in [0.1, 0.15) is 54.7 Å². The molecule has 1 heterocycles. The van der Waals surface area contributed by atoms with Gasteiger partial charge < -0.3 is 15.4 Å². The molecule has 2 N–H and O–H groups in total. The number of ether oxygens (including phenoxy) is 1. The number of carbonyl (C=O) groups is 5. The molecule has 1 aliphatic heterocycles. The van der Waals surface area contributed by atoms with Gasteiger partial charge in [0.05, 0.1) is 22.4 Å². The maximum atomic E-state index is 13.0. The van der Waals surface area contributed by atoms with Crippen molar-refractivity contribution in [1.82, 2.24) is 0 Å². The van der Waals surface area contributed by atoms with Gasteiger partial charge in [-0.2, -0.15) is 0 Å². The number of rotatable bonds is 6. The molecule has 0 atom stereocenters. The average molecular weight is 500 g/mol. The van der Waals surface area contributed by atoms with Crippen LogP contribution in [-0.4, -0.2) is 36.2 Å². The fourth-order valence-corrected chi connectivity index (χ4v) is 4.27. The summed E-state index contributed by atoms with van der Waals surface area (Å²) in [6.45, 7) is 6.59. The van der Waals surface area contributed by atoms with E-state index in [1.165, 1.54) is 37.3 Å². The van der Waals surface area contributed by atoms with Gasteiger partial charge >= 0.3 is 5.97 Å². The zero-order chi connectivity index (χ0) is 26.9.